The quantitative estimate of drug-likeness (QED) is 0.599. The summed E-state index contributed by atoms with van der Waals surface area (Å²) in [4.78, 5) is 0. The Hall–Kier alpha value is -2.35. The first-order valence-corrected chi connectivity index (χ1v) is 8.39. The van der Waals surface area contributed by atoms with Crippen LogP contribution >= 0.6 is 0 Å². The second-order valence-electron chi connectivity index (χ2n) is 6.80. The number of benzene rings is 1. The molecule has 0 atom stereocenters. The highest BCUT2D eigenvalue weighted by molar-refractivity contribution is 5.63. The molecule has 2 nitrogen and oxygen atoms in total. The lowest BCUT2D eigenvalue weighted by Crippen LogP contribution is -2.32. The number of aryl methyl sites for hydroxylation is 4. The summed E-state index contributed by atoms with van der Waals surface area (Å²) in [5, 5.41) is 0. The molecule has 24 heavy (non-hydrogen) atoms. The third-order valence-corrected chi connectivity index (χ3v) is 4.63. The lowest BCUT2D eigenvalue weighted by molar-refractivity contribution is -0.661. The van der Waals surface area contributed by atoms with Gasteiger partial charge in [-0.15, -0.1) is 0 Å². The zero-order valence-electron chi connectivity index (χ0n) is 18.1. The maximum Gasteiger partial charge on any atom is 0.229 e. The number of rotatable bonds is 3. The van der Waals surface area contributed by atoms with Crippen LogP contribution in [0.5, 0.6) is 0 Å². The van der Waals surface area contributed by atoms with Gasteiger partial charge in [0.15, 0.2) is 6.20 Å². The monoisotopic (exact) mass is 322 g/mol. The highest BCUT2D eigenvalue weighted by Gasteiger charge is 2.20. The summed E-state index contributed by atoms with van der Waals surface area (Å²) in [5.41, 5.74) is 6.87. The first-order valence-electron chi connectivity index (χ1n) is 9.89. The Morgan fingerprint density at radius 1 is 1.04 bits per heavy atom. The van der Waals surface area contributed by atoms with Crippen LogP contribution in [0.25, 0.3) is 17.1 Å². The predicted molar refractivity (Wildman–Crippen MR) is 101 cm³/mol. The van der Waals surface area contributed by atoms with Gasteiger partial charge in [0.2, 0.25) is 5.69 Å². The van der Waals surface area contributed by atoms with Crippen molar-refractivity contribution in [3.8, 4) is 17.1 Å². The Kier molecular flexibility index (Phi) is 3.40. The summed E-state index contributed by atoms with van der Waals surface area (Å²) in [6, 6.07) is 12.5. The second kappa shape index (κ2) is 6.27. The van der Waals surface area contributed by atoms with Gasteiger partial charge in [-0.3, -0.25) is 0 Å². The van der Waals surface area contributed by atoms with E-state index in [1.165, 1.54) is 5.56 Å². The summed E-state index contributed by atoms with van der Waals surface area (Å²) in [7, 11) is 1.91. The van der Waals surface area contributed by atoms with E-state index in [2.05, 4.69) is 61.9 Å². The SMILES string of the molecule is [2H]C([2H])([2H])c1c[n+](C)c(-c2c(C)ccn2-c2ccccc2C(C)C)cc1C. The zero-order valence-corrected chi connectivity index (χ0v) is 15.1. The molecule has 0 bridgehead atoms. The lowest BCUT2D eigenvalue weighted by Gasteiger charge is -2.16. The summed E-state index contributed by atoms with van der Waals surface area (Å²) < 4.78 is 27.4. The van der Waals surface area contributed by atoms with Crippen molar-refractivity contribution in [1.82, 2.24) is 4.57 Å². The van der Waals surface area contributed by atoms with Crippen molar-refractivity contribution in [2.75, 3.05) is 0 Å². The summed E-state index contributed by atoms with van der Waals surface area (Å²) >= 11 is 0. The van der Waals surface area contributed by atoms with Crippen LogP contribution in [0.15, 0.2) is 48.8 Å². The molecule has 0 radical (unpaired) electrons. The number of hydrogen-bond donors (Lipinski definition) is 0. The van der Waals surface area contributed by atoms with E-state index in [0.717, 1.165) is 28.2 Å². The maximum absolute atomic E-state index is 7.76. The lowest BCUT2D eigenvalue weighted by atomic mass is 10.0. The smallest absolute Gasteiger partial charge is 0.229 e. The van der Waals surface area contributed by atoms with Crippen LogP contribution < -0.4 is 4.57 Å². The first-order chi connectivity index (χ1) is 12.6. The highest BCUT2D eigenvalue weighted by atomic mass is 15.0. The van der Waals surface area contributed by atoms with Crippen molar-refractivity contribution in [2.45, 2.75) is 40.5 Å². The fourth-order valence-electron chi connectivity index (χ4n) is 3.24. The molecule has 0 amide bonds. The number of para-hydroxylation sites is 1. The molecule has 1 aromatic carbocycles. The summed E-state index contributed by atoms with van der Waals surface area (Å²) in [6.45, 7) is 6.25. The van der Waals surface area contributed by atoms with Gasteiger partial charge in [0.05, 0.1) is 0 Å². The normalized spacial score (nSPS) is 13.7. The largest absolute Gasteiger partial charge is 0.311 e. The molecule has 2 heterocycles. The molecule has 3 aromatic rings. The van der Waals surface area contributed by atoms with Gasteiger partial charge in [-0.1, -0.05) is 32.0 Å². The van der Waals surface area contributed by atoms with Gasteiger partial charge in [-0.05, 0) is 55.4 Å². The molecule has 124 valence electrons. The van der Waals surface area contributed by atoms with E-state index in [9.17, 15) is 0 Å². The van der Waals surface area contributed by atoms with Crippen LogP contribution in [0.3, 0.4) is 0 Å². The molecule has 0 unspecified atom stereocenters. The van der Waals surface area contributed by atoms with Crippen LogP contribution in [0.4, 0.5) is 0 Å². The molecule has 0 aliphatic rings. The second-order valence-corrected chi connectivity index (χ2v) is 6.80. The van der Waals surface area contributed by atoms with Crippen molar-refractivity contribution < 1.29 is 8.68 Å². The molecule has 2 aromatic heterocycles. The average molecular weight is 322 g/mol. The van der Waals surface area contributed by atoms with Gasteiger partial charge in [0.1, 0.15) is 12.7 Å². The topological polar surface area (TPSA) is 8.81 Å². The van der Waals surface area contributed by atoms with Gasteiger partial charge in [-0.25, -0.2) is 0 Å². The predicted octanol–water partition coefficient (Wildman–Crippen LogP) is 5.02. The van der Waals surface area contributed by atoms with Gasteiger partial charge in [0.25, 0.3) is 0 Å². The van der Waals surface area contributed by atoms with Crippen LogP contribution in [-0.4, -0.2) is 4.57 Å². The molecule has 0 saturated heterocycles. The average Bonchev–Trinajstić information content (AvgIpc) is 2.97. The van der Waals surface area contributed by atoms with Crippen LogP contribution in [-0.2, 0) is 7.05 Å². The number of hydrogen-bond acceptors (Lipinski definition) is 0. The van der Waals surface area contributed by atoms with Crippen LogP contribution in [0.1, 0.15) is 46.1 Å². The Balaban J connectivity index is 2.25. The molecule has 0 N–H and O–H groups in total. The molecule has 0 saturated carbocycles. The third kappa shape index (κ3) is 2.77. The van der Waals surface area contributed by atoms with Gasteiger partial charge < -0.3 is 4.57 Å². The van der Waals surface area contributed by atoms with Gasteiger partial charge >= 0.3 is 0 Å². The summed E-state index contributed by atoms with van der Waals surface area (Å²) in [5.74, 6) is 0.408. The number of aromatic nitrogens is 2. The molecule has 0 aliphatic heterocycles. The van der Waals surface area contributed by atoms with Crippen molar-refractivity contribution in [1.29, 1.82) is 0 Å². The molecule has 0 aliphatic carbocycles. The highest BCUT2D eigenvalue weighted by Crippen LogP contribution is 2.30. The summed E-state index contributed by atoms with van der Waals surface area (Å²) in [6.07, 6.45) is 3.84. The first kappa shape index (κ1) is 13.0. The van der Waals surface area contributed by atoms with Crippen molar-refractivity contribution in [3.05, 3.63) is 71.0 Å². The van der Waals surface area contributed by atoms with E-state index in [1.807, 2.05) is 24.6 Å². The minimum absolute atomic E-state index is 0.395. The Bertz CT molecular complexity index is 982. The Morgan fingerprint density at radius 3 is 2.50 bits per heavy atom. The van der Waals surface area contributed by atoms with Crippen molar-refractivity contribution >= 4 is 0 Å². The van der Waals surface area contributed by atoms with E-state index in [-0.39, 0.29) is 0 Å². The Labute approximate surface area is 149 Å². The minimum Gasteiger partial charge on any atom is -0.311 e. The molecule has 2 heteroatoms. The van der Waals surface area contributed by atoms with Crippen molar-refractivity contribution in [3.63, 3.8) is 0 Å². The minimum atomic E-state index is -2.11. The van der Waals surface area contributed by atoms with Gasteiger partial charge in [0, 0.05) is 27.6 Å². The fourth-order valence-corrected chi connectivity index (χ4v) is 3.24. The third-order valence-electron chi connectivity index (χ3n) is 4.63. The molecule has 3 rings (SSSR count). The van der Waals surface area contributed by atoms with Gasteiger partial charge in [-0.2, -0.15) is 4.57 Å². The number of nitrogens with zero attached hydrogens (tertiary/aromatic N) is 2. The molecule has 0 spiro atoms. The molecule has 0 fully saturated rings. The van der Waals surface area contributed by atoms with Crippen molar-refractivity contribution in [2.24, 2.45) is 7.05 Å². The standard InChI is InChI=1S/C22H27N2/c1-15(2)19-9-7-8-10-20(19)24-12-11-16(3)22(24)21-13-17(4)18(5)14-23(21)6/h7-15H,1-6H3/q+1/i5D3. The van der Waals surface area contributed by atoms with Crippen LogP contribution in [0.2, 0.25) is 0 Å². The maximum atomic E-state index is 7.76. The molecular weight excluding hydrogens is 292 g/mol. The van der Waals surface area contributed by atoms with E-state index >= 15 is 0 Å². The van der Waals surface area contributed by atoms with Crippen LogP contribution in [0, 0.1) is 20.7 Å². The molecular formula is C22H27N2+. The van der Waals surface area contributed by atoms with E-state index in [1.54, 1.807) is 6.20 Å². The Morgan fingerprint density at radius 2 is 1.79 bits per heavy atom. The van der Waals surface area contributed by atoms with E-state index in [0.29, 0.717) is 11.5 Å². The number of pyridine rings is 1. The van der Waals surface area contributed by atoms with E-state index in [4.69, 9.17) is 4.11 Å². The van der Waals surface area contributed by atoms with E-state index < -0.39 is 6.85 Å². The fraction of sp³-hybridized carbons (Fsp3) is 0.318. The zero-order chi connectivity index (χ0) is 19.9.